The molecule has 0 radical (unpaired) electrons. The van der Waals surface area contributed by atoms with Crippen LogP contribution in [0, 0.1) is 0 Å². The van der Waals surface area contributed by atoms with E-state index in [0.29, 0.717) is 6.04 Å². The van der Waals surface area contributed by atoms with Gasteiger partial charge in [-0.3, -0.25) is 4.68 Å². The molecule has 1 atom stereocenters. The number of rotatable bonds is 5. The van der Waals surface area contributed by atoms with E-state index in [1.54, 1.807) is 0 Å². The Labute approximate surface area is 125 Å². The highest BCUT2D eigenvalue weighted by atomic mass is 15.2. The van der Waals surface area contributed by atoms with Crippen LogP contribution in [0.25, 0.3) is 10.8 Å². The van der Waals surface area contributed by atoms with E-state index >= 15 is 0 Å². The Morgan fingerprint density at radius 2 is 1.86 bits per heavy atom. The van der Waals surface area contributed by atoms with Gasteiger partial charge < -0.3 is 5.32 Å². The molecule has 0 bridgehead atoms. The van der Waals surface area contributed by atoms with E-state index in [-0.39, 0.29) is 0 Å². The Bertz CT molecular complexity index is 725. The summed E-state index contributed by atoms with van der Waals surface area (Å²) in [5, 5.41) is 10.6. The fraction of sp³-hybridized carbons (Fsp3) is 0.278. The molecule has 3 aromatic rings. The summed E-state index contributed by atoms with van der Waals surface area (Å²) >= 11 is 0. The maximum Gasteiger partial charge on any atom is 0.0640 e. The number of benzene rings is 2. The third-order valence-corrected chi connectivity index (χ3v) is 3.98. The zero-order valence-electron chi connectivity index (χ0n) is 12.6. The van der Waals surface area contributed by atoms with Crippen molar-refractivity contribution in [3.8, 4) is 0 Å². The van der Waals surface area contributed by atoms with Crippen LogP contribution in [0.3, 0.4) is 0 Å². The second kappa shape index (κ2) is 6.10. The Morgan fingerprint density at radius 1 is 1.05 bits per heavy atom. The number of nitrogens with zero attached hydrogens (tertiary/aromatic N) is 2. The van der Waals surface area contributed by atoms with Crippen LogP contribution in [0.15, 0.2) is 54.7 Å². The van der Waals surface area contributed by atoms with Crippen LogP contribution < -0.4 is 5.32 Å². The van der Waals surface area contributed by atoms with Gasteiger partial charge in [-0.2, -0.15) is 5.10 Å². The van der Waals surface area contributed by atoms with Gasteiger partial charge in [0.1, 0.15) is 0 Å². The van der Waals surface area contributed by atoms with Crippen molar-refractivity contribution in [2.24, 2.45) is 7.05 Å². The van der Waals surface area contributed by atoms with Crippen molar-refractivity contribution >= 4 is 10.8 Å². The normalized spacial score (nSPS) is 12.7. The van der Waals surface area contributed by atoms with Crippen molar-refractivity contribution in [1.29, 1.82) is 0 Å². The molecule has 3 heteroatoms. The van der Waals surface area contributed by atoms with Crippen LogP contribution in [0.5, 0.6) is 0 Å². The first-order valence-electron chi connectivity index (χ1n) is 7.38. The second-order valence-electron chi connectivity index (χ2n) is 5.51. The molecule has 1 aromatic heterocycles. The van der Waals surface area contributed by atoms with Crippen LogP contribution >= 0.6 is 0 Å². The predicted octanol–water partition coefficient (Wildman–Crippen LogP) is 2.95. The van der Waals surface area contributed by atoms with Gasteiger partial charge >= 0.3 is 0 Å². The highest BCUT2D eigenvalue weighted by molar-refractivity contribution is 5.85. The second-order valence-corrected chi connectivity index (χ2v) is 5.51. The average molecular weight is 279 g/mol. The number of hydrogen-bond donors (Lipinski definition) is 1. The number of likely N-dealkylation sites (N-methyl/N-ethyl adjacent to an activating group) is 1. The topological polar surface area (TPSA) is 29.9 Å². The monoisotopic (exact) mass is 279 g/mol. The summed E-state index contributed by atoms with van der Waals surface area (Å²) in [6.45, 7) is 0. The lowest BCUT2D eigenvalue weighted by Crippen LogP contribution is -2.30. The molecule has 0 aliphatic carbocycles. The smallest absolute Gasteiger partial charge is 0.0640 e. The molecular weight excluding hydrogens is 258 g/mol. The molecule has 1 heterocycles. The van der Waals surface area contributed by atoms with Gasteiger partial charge in [-0.1, -0.05) is 42.5 Å². The molecule has 108 valence electrons. The SMILES string of the molecule is CNC(Cc1ccn(C)n1)Cc1cccc2ccccc12. The first-order chi connectivity index (χ1) is 10.3. The molecule has 0 spiro atoms. The molecule has 0 aliphatic heterocycles. The third-order valence-electron chi connectivity index (χ3n) is 3.98. The first-order valence-corrected chi connectivity index (χ1v) is 7.38. The molecule has 21 heavy (non-hydrogen) atoms. The number of nitrogens with one attached hydrogen (secondary N) is 1. The lowest BCUT2D eigenvalue weighted by molar-refractivity contribution is 0.547. The fourth-order valence-electron chi connectivity index (χ4n) is 2.84. The zero-order valence-corrected chi connectivity index (χ0v) is 12.6. The predicted molar refractivity (Wildman–Crippen MR) is 87.4 cm³/mol. The van der Waals surface area contributed by atoms with Gasteiger partial charge in [0.25, 0.3) is 0 Å². The van der Waals surface area contributed by atoms with Crippen molar-refractivity contribution < 1.29 is 0 Å². The lowest BCUT2D eigenvalue weighted by Gasteiger charge is -2.16. The summed E-state index contributed by atoms with van der Waals surface area (Å²) in [5.74, 6) is 0. The van der Waals surface area contributed by atoms with E-state index in [4.69, 9.17) is 0 Å². The van der Waals surface area contributed by atoms with E-state index in [0.717, 1.165) is 18.5 Å². The molecule has 3 rings (SSSR count). The van der Waals surface area contributed by atoms with Crippen LogP contribution in [0.4, 0.5) is 0 Å². The molecule has 0 amide bonds. The number of fused-ring (bicyclic) bond motifs is 1. The van der Waals surface area contributed by atoms with Gasteiger partial charge in [0.15, 0.2) is 0 Å². The quantitative estimate of drug-likeness (QED) is 0.778. The third kappa shape index (κ3) is 3.14. The minimum absolute atomic E-state index is 0.394. The van der Waals surface area contributed by atoms with Crippen molar-refractivity contribution in [1.82, 2.24) is 15.1 Å². The maximum absolute atomic E-state index is 4.48. The molecule has 0 saturated heterocycles. The van der Waals surface area contributed by atoms with Crippen LogP contribution in [0.1, 0.15) is 11.3 Å². The van der Waals surface area contributed by atoms with Gasteiger partial charge in [-0.05, 0) is 35.9 Å². The van der Waals surface area contributed by atoms with Gasteiger partial charge in [-0.25, -0.2) is 0 Å². The number of hydrogen-bond acceptors (Lipinski definition) is 2. The van der Waals surface area contributed by atoms with Crippen molar-refractivity contribution in [3.05, 3.63) is 66.0 Å². The van der Waals surface area contributed by atoms with Crippen molar-refractivity contribution in [2.75, 3.05) is 7.05 Å². The number of aryl methyl sites for hydroxylation is 1. The summed E-state index contributed by atoms with van der Waals surface area (Å²) < 4.78 is 1.86. The molecule has 0 saturated carbocycles. The lowest BCUT2D eigenvalue weighted by atomic mass is 9.97. The molecule has 2 aromatic carbocycles. The minimum Gasteiger partial charge on any atom is -0.316 e. The van der Waals surface area contributed by atoms with Crippen LogP contribution in [0.2, 0.25) is 0 Å². The Kier molecular flexibility index (Phi) is 4.02. The Balaban J connectivity index is 1.82. The van der Waals surface area contributed by atoms with Gasteiger partial charge in [-0.15, -0.1) is 0 Å². The summed E-state index contributed by atoms with van der Waals surface area (Å²) in [4.78, 5) is 0. The van der Waals surface area contributed by atoms with Crippen molar-refractivity contribution in [2.45, 2.75) is 18.9 Å². The summed E-state index contributed by atoms with van der Waals surface area (Å²) in [7, 11) is 3.99. The van der Waals surface area contributed by atoms with Crippen molar-refractivity contribution in [3.63, 3.8) is 0 Å². The van der Waals surface area contributed by atoms with Gasteiger partial charge in [0.05, 0.1) is 5.69 Å². The Morgan fingerprint density at radius 3 is 2.62 bits per heavy atom. The van der Waals surface area contributed by atoms with E-state index in [9.17, 15) is 0 Å². The maximum atomic E-state index is 4.48. The average Bonchev–Trinajstić information content (AvgIpc) is 2.92. The highest BCUT2D eigenvalue weighted by Crippen LogP contribution is 2.20. The van der Waals surface area contributed by atoms with E-state index in [1.165, 1.54) is 16.3 Å². The van der Waals surface area contributed by atoms with Gasteiger partial charge in [0, 0.05) is 25.7 Å². The summed E-state index contributed by atoms with van der Waals surface area (Å²) in [5.41, 5.74) is 2.53. The minimum atomic E-state index is 0.394. The molecule has 1 N–H and O–H groups in total. The molecule has 0 fully saturated rings. The molecular formula is C18H21N3. The van der Waals surface area contributed by atoms with Gasteiger partial charge in [0.2, 0.25) is 0 Å². The molecule has 0 aliphatic rings. The largest absolute Gasteiger partial charge is 0.316 e. The van der Waals surface area contributed by atoms with Crippen LogP contribution in [-0.4, -0.2) is 22.9 Å². The Hall–Kier alpha value is -2.13. The standard InChI is InChI=1S/C18H21N3/c1-19-17(13-16-10-11-21(2)20-16)12-15-8-5-7-14-6-3-4-9-18(14)15/h3-11,17,19H,12-13H2,1-2H3. The first kappa shape index (κ1) is 13.8. The summed E-state index contributed by atoms with van der Waals surface area (Å²) in [6.07, 6.45) is 3.95. The van der Waals surface area contributed by atoms with E-state index in [1.807, 2.05) is 25.0 Å². The van der Waals surface area contributed by atoms with Crippen LogP contribution in [-0.2, 0) is 19.9 Å². The van der Waals surface area contributed by atoms with E-state index < -0.39 is 0 Å². The number of aromatic nitrogens is 2. The molecule has 3 nitrogen and oxygen atoms in total. The van der Waals surface area contributed by atoms with E-state index in [2.05, 4.69) is 58.9 Å². The molecule has 1 unspecified atom stereocenters. The highest BCUT2D eigenvalue weighted by Gasteiger charge is 2.11. The fourth-order valence-corrected chi connectivity index (χ4v) is 2.84. The zero-order chi connectivity index (χ0) is 14.7. The summed E-state index contributed by atoms with van der Waals surface area (Å²) in [6, 6.07) is 17.6.